The van der Waals surface area contributed by atoms with Gasteiger partial charge in [0.25, 0.3) is 0 Å². The predicted octanol–water partition coefficient (Wildman–Crippen LogP) is 3.83. The molecule has 5 nitrogen and oxygen atoms in total. The fourth-order valence-electron chi connectivity index (χ4n) is 2.12. The Morgan fingerprint density at radius 1 is 1.20 bits per heavy atom. The zero-order chi connectivity index (χ0) is 18.2. The zero-order valence-corrected chi connectivity index (χ0v) is 15.2. The average molecular weight is 361 g/mol. The Morgan fingerprint density at radius 2 is 1.92 bits per heavy atom. The Labute approximate surface area is 152 Å². The van der Waals surface area contributed by atoms with Crippen LogP contribution in [0, 0.1) is 0 Å². The van der Waals surface area contributed by atoms with E-state index in [0.29, 0.717) is 16.5 Å². The maximum Gasteiger partial charge on any atom is 0.244 e. The third-order valence-corrected chi connectivity index (χ3v) is 3.48. The molecule has 2 aromatic carbocycles. The highest BCUT2D eigenvalue weighted by atomic mass is 35.5. The summed E-state index contributed by atoms with van der Waals surface area (Å²) in [7, 11) is 1.58. The van der Waals surface area contributed by atoms with Gasteiger partial charge in [0.05, 0.1) is 25.8 Å². The van der Waals surface area contributed by atoms with Gasteiger partial charge in [-0.15, -0.1) is 0 Å². The topological polar surface area (TPSA) is 59.9 Å². The summed E-state index contributed by atoms with van der Waals surface area (Å²) >= 11 is 5.82. The van der Waals surface area contributed by atoms with Crippen LogP contribution in [0.3, 0.4) is 0 Å². The number of ether oxygens (including phenoxy) is 2. The molecule has 0 saturated heterocycles. The van der Waals surface area contributed by atoms with Crippen molar-refractivity contribution in [3.63, 3.8) is 0 Å². The van der Waals surface area contributed by atoms with Crippen LogP contribution in [0.1, 0.15) is 25.0 Å². The molecule has 0 aromatic heterocycles. The van der Waals surface area contributed by atoms with Gasteiger partial charge in [-0.05, 0) is 55.3 Å². The summed E-state index contributed by atoms with van der Waals surface area (Å²) in [6.07, 6.45) is 1.85. The lowest BCUT2D eigenvalue weighted by Gasteiger charge is -2.13. The summed E-state index contributed by atoms with van der Waals surface area (Å²) in [5.74, 6) is 1.08. The molecule has 0 bridgehead atoms. The summed E-state index contributed by atoms with van der Waals surface area (Å²) in [4.78, 5) is 11.9. The van der Waals surface area contributed by atoms with Gasteiger partial charge in [0.15, 0.2) is 11.5 Å². The van der Waals surface area contributed by atoms with E-state index in [1.165, 1.54) is 0 Å². The number of carbonyl (C=O) groups is 1. The van der Waals surface area contributed by atoms with Crippen LogP contribution in [0.4, 0.5) is 0 Å². The second-order valence-corrected chi connectivity index (χ2v) is 6.11. The number of methoxy groups -OCH3 is 1. The molecule has 0 aliphatic rings. The number of halogens is 1. The lowest BCUT2D eigenvalue weighted by Crippen LogP contribution is -2.19. The molecule has 132 valence electrons. The van der Waals surface area contributed by atoms with Crippen LogP contribution in [-0.2, 0) is 11.2 Å². The molecule has 0 aliphatic carbocycles. The molecule has 0 atom stereocenters. The van der Waals surface area contributed by atoms with Crippen LogP contribution < -0.4 is 14.9 Å². The monoisotopic (exact) mass is 360 g/mol. The standard InChI is InChI=1S/C19H21ClN2O3/c1-13(2)25-17-9-6-15(10-18(17)24-3)12-21-22-19(23)11-14-4-7-16(20)8-5-14/h4-10,12-13H,11H2,1-3H3,(H,22,23)/b21-12-. The molecule has 0 fully saturated rings. The molecule has 0 aliphatic heterocycles. The predicted molar refractivity (Wildman–Crippen MR) is 99.7 cm³/mol. The van der Waals surface area contributed by atoms with Gasteiger partial charge in [-0.3, -0.25) is 4.79 Å². The summed E-state index contributed by atoms with van der Waals surface area (Å²) in [5, 5.41) is 4.61. The van der Waals surface area contributed by atoms with E-state index in [9.17, 15) is 4.79 Å². The average Bonchev–Trinajstić information content (AvgIpc) is 2.57. The van der Waals surface area contributed by atoms with E-state index < -0.39 is 0 Å². The summed E-state index contributed by atoms with van der Waals surface area (Å²) < 4.78 is 11.0. The van der Waals surface area contributed by atoms with E-state index in [4.69, 9.17) is 21.1 Å². The first-order valence-corrected chi connectivity index (χ1v) is 8.26. The van der Waals surface area contributed by atoms with Crippen LogP contribution in [0.2, 0.25) is 5.02 Å². The molecule has 1 N–H and O–H groups in total. The van der Waals surface area contributed by atoms with Gasteiger partial charge >= 0.3 is 0 Å². The number of hydrogen-bond donors (Lipinski definition) is 1. The molecule has 0 radical (unpaired) electrons. The van der Waals surface area contributed by atoms with E-state index in [1.807, 2.05) is 38.1 Å². The summed E-state index contributed by atoms with van der Waals surface area (Å²) in [5.41, 5.74) is 4.16. The van der Waals surface area contributed by atoms with Crippen molar-refractivity contribution in [2.24, 2.45) is 5.10 Å². The van der Waals surface area contributed by atoms with Crippen LogP contribution >= 0.6 is 11.6 Å². The zero-order valence-electron chi connectivity index (χ0n) is 14.5. The van der Waals surface area contributed by atoms with E-state index in [-0.39, 0.29) is 18.4 Å². The number of nitrogens with zero attached hydrogens (tertiary/aromatic N) is 1. The van der Waals surface area contributed by atoms with E-state index in [1.54, 1.807) is 31.5 Å². The highest BCUT2D eigenvalue weighted by Gasteiger charge is 2.07. The number of hydrogen-bond acceptors (Lipinski definition) is 4. The highest BCUT2D eigenvalue weighted by molar-refractivity contribution is 6.30. The Kier molecular flexibility index (Phi) is 6.83. The van der Waals surface area contributed by atoms with Crippen molar-refractivity contribution in [2.45, 2.75) is 26.4 Å². The normalized spacial score (nSPS) is 10.9. The molecule has 2 aromatic rings. The van der Waals surface area contributed by atoms with Crippen LogP contribution in [0.25, 0.3) is 0 Å². The van der Waals surface area contributed by atoms with Crippen molar-refractivity contribution in [2.75, 3.05) is 7.11 Å². The quantitative estimate of drug-likeness (QED) is 0.603. The fraction of sp³-hybridized carbons (Fsp3) is 0.263. The van der Waals surface area contributed by atoms with Crippen molar-refractivity contribution in [3.8, 4) is 11.5 Å². The third kappa shape index (κ3) is 6.12. The molecule has 0 saturated carbocycles. The number of hydrazone groups is 1. The van der Waals surface area contributed by atoms with Gasteiger partial charge in [0.2, 0.25) is 5.91 Å². The lowest BCUT2D eigenvalue weighted by molar-refractivity contribution is -0.120. The molecule has 6 heteroatoms. The Bertz CT molecular complexity index is 743. The van der Waals surface area contributed by atoms with Crippen molar-refractivity contribution < 1.29 is 14.3 Å². The molecule has 0 unspecified atom stereocenters. The molecule has 1 amide bonds. The Hall–Kier alpha value is -2.53. The van der Waals surface area contributed by atoms with Crippen LogP contribution in [0.5, 0.6) is 11.5 Å². The Morgan fingerprint density at radius 3 is 2.56 bits per heavy atom. The SMILES string of the molecule is COc1cc(/C=N\NC(=O)Cc2ccc(Cl)cc2)ccc1OC(C)C. The van der Waals surface area contributed by atoms with Gasteiger partial charge in [0, 0.05) is 5.02 Å². The molecule has 2 rings (SSSR count). The maximum atomic E-state index is 11.9. The first-order chi connectivity index (χ1) is 12.0. The summed E-state index contributed by atoms with van der Waals surface area (Å²) in [6, 6.07) is 12.6. The van der Waals surface area contributed by atoms with Crippen LogP contribution in [0.15, 0.2) is 47.6 Å². The molecule has 25 heavy (non-hydrogen) atoms. The smallest absolute Gasteiger partial charge is 0.244 e. The largest absolute Gasteiger partial charge is 0.493 e. The van der Waals surface area contributed by atoms with Crippen molar-refractivity contribution in [3.05, 3.63) is 58.6 Å². The second kappa shape index (κ2) is 9.08. The first-order valence-electron chi connectivity index (χ1n) is 7.89. The Balaban J connectivity index is 1.94. The minimum Gasteiger partial charge on any atom is -0.493 e. The molecule has 0 spiro atoms. The maximum absolute atomic E-state index is 11.9. The van der Waals surface area contributed by atoms with Gasteiger partial charge in [0.1, 0.15) is 0 Å². The molecular formula is C19H21ClN2O3. The highest BCUT2D eigenvalue weighted by Crippen LogP contribution is 2.28. The van der Waals surface area contributed by atoms with Gasteiger partial charge < -0.3 is 9.47 Å². The van der Waals surface area contributed by atoms with E-state index >= 15 is 0 Å². The molecular weight excluding hydrogens is 340 g/mol. The van der Waals surface area contributed by atoms with E-state index in [2.05, 4.69) is 10.5 Å². The number of benzene rings is 2. The minimum atomic E-state index is -0.203. The third-order valence-electron chi connectivity index (χ3n) is 3.23. The van der Waals surface area contributed by atoms with E-state index in [0.717, 1.165) is 11.1 Å². The van der Waals surface area contributed by atoms with Crippen molar-refractivity contribution in [1.82, 2.24) is 5.43 Å². The number of amides is 1. The van der Waals surface area contributed by atoms with Crippen LogP contribution in [-0.4, -0.2) is 25.3 Å². The second-order valence-electron chi connectivity index (χ2n) is 5.67. The molecule has 0 heterocycles. The first kappa shape index (κ1) is 18.8. The lowest BCUT2D eigenvalue weighted by atomic mass is 10.1. The number of rotatable bonds is 7. The van der Waals surface area contributed by atoms with Gasteiger partial charge in [-0.25, -0.2) is 5.43 Å². The van der Waals surface area contributed by atoms with Gasteiger partial charge in [-0.1, -0.05) is 23.7 Å². The van der Waals surface area contributed by atoms with Crippen molar-refractivity contribution in [1.29, 1.82) is 0 Å². The van der Waals surface area contributed by atoms with Crippen molar-refractivity contribution >= 4 is 23.7 Å². The minimum absolute atomic E-state index is 0.0561. The van der Waals surface area contributed by atoms with Gasteiger partial charge in [-0.2, -0.15) is 5.10 Å². The number of carbonyl (C=O) groups excluding carboxylic acids is 1. The summed E-state index contributed by atoms with van der Waals surface area (Å²) in [6.45, 7) is 3.90. The number of nitrogens with one attached hydrogen (secondary N) is 1. The fourth-order valence-corrected chi connectivity index (χ4v) is 2.25.